The van der Waals surface area contributed by atoms with Gasteiger partial charge in [0, 0.05) is 16.9 Å². The van der Waals surface area contributed by atoms with E-state index in [9.17, 15) is 14.4 Å². The lowest BCUT2D eigenvalue weighted by Crippen LogP contribution is -2.44. The molecule has 2 amide bonds. The quantitative estimate of drug-likeness (QED) is 0.715. The summed E-state index contributed by atoms with van der Waals surface area (Å²) in [6.45, 7) is 1.46. The molecule has 7 nitrogen and oxygen atoms in total. The third-order valence-corrected chi connectivity index (χ3v) is 3.63. The Morgan fingerprint density at radius 2 is 2.05 bits per heavy atom. The summed E-state index contributed by atoms with van der Waals surface area (Å²) in [6.07, 6.45) is 1.21. The molecule has 1 aromatic heterocycles. The standard InChI is InChI=1S/C14H13BrN2O5/c1-7(4-12(18)19)13(20)16-17-14(21)8-2-3-11-9(5-8)10(15)6-22-11/h2-3,5-7H,4H2,1H3,(H,16,20)(H,17,21)(H,18,19)/t7-/m0/s1. The largest absolute Gasteiger partial charge is 0.481 e. The number of aliphatic carboxylic acids is 1. The second-order valence-electron chi connectivity index (χ2n) is 4.74. The van der Waals surface area contributed by atoms with Crippen LogP contribution in [0.3, 0.4) is 0 Å². The maximum absolute atomic E-state index is 12.0. The highest BCUT2D eigenvalue weighted by atomic mass is 79.9. The van der Waals surface area contributed by atoms with E-state index in [1.807, 2.05) is 0 Å². The van der Waals surface area contributed by atoms with Gasteiger partial charge >= 0.3 is 5.97 Å². The smallest absolute Gasteiger partial charge is 0.304 e. The second kappa shape index (κ2) is 6.61. The van der Waals surface area contributed by atoms with Gasteiger partial charge in [0.05, 0.1) is 10.9 Å². The minimum Gasteiger partial charge on any atom is -0.481 e. The first-order valence-electron chi connectivity index (χ1n) is 6.37. The molecule has 0 spiro atoms. The first-order chi connectivity index (χ1) is 10.4. The summed E-state index contributed by atoms with van der Waals surface area (Å²) in [5.74, 6) is -2.90. The molecule has 0 saturated heterocycles. The maximum Gasteiger partial charge on any atom is 0.304 e. The summed E-state index contributed by atoms with van der Waals surface area (Å²) in [5.41, 5.74) is 5.42. The second-order valence-corrected chi connectivity index (χ2v) is 5.59. The number of benzene rings is 1. The van der Waals surface area contributed by atoms with Crippen LogP contribution in [-0.2, 0) is 9.59 Å². The lowest BCUT2D eigenvalue weighted by atomic mass is 10.1. The minimum atomic E-state index is -1.08. The highest BCUT2D eigenvalue weighted by Crippen LogP contribution is 2.26. The molecule has 1 atom stereocenters. The molecule has 2 rings (SSSR count). The molecule has 0 radical (unpaired) electrons. The maximum atomic E-state index is 12.0. The molecule has 0 bridgehead atoms. The molecule has 1 heterocycles. The van der Waals surface area contributed by atoms with Crippen LogP contribution in [0.2, 0.25) is 0 Å². The topological polar surface area (TPSA) is 109 Å². The average molecular weight is 369 g/mol. The van der Waals surface area contributed by atoms with E-state index in [1.54, 1.807) is 18.2 Å². The van der Waals surface area contributed by atoms with Gasteiger partial charge in [-0.2, -0.15) is 0 Å². The van der Waals surface area contributed by atoms with E-state index in [0.717, 1.165) is 9.86 Å². The van der Waals surface area contributed by atoms with Crippen molar-refractivity contribution in [2.45, 2.75) is 13.3 Å². The average Bonchev–Trinajstić information content (AvgIpc) is 2.84. The van der Waals surface area contributed by atoms with Crippen LogP contribution in [0.5, 0.6) is 0 Å². The number of hydrogen-bond acceptors (Lipinski definition) is 4. The van der Waals surface area contributed by atoms with Gasteiger partial charge in [-0.25, -0.2) is 0 Å². The predicted molar refractivity (Wildman–Crippen MR) is 80.9 cm³/mol. The van der Waals surface area contributed by atoms with Crippen LogP contribution in [0.15, 0.2) is 33.4 Å². The molecule has 0 unspecified atom stereocenters. The van der Waals surface area contributed by atoms with E-state index in [1.165, 1.54) is 13.2 Å². The minimum absolute atomic E-state index is 0.310. The molecule has 0 aliphatic rings. The van der Waals surface area contributed by atoms with Gasteiger partial charge in [-0.15, -0.1) is 0 Å². The van der Waals surface area contributed by atoms with Gasteiger partial charge in [0.15, 0.2) is 0 Å². The lowest BCUT2D eigenvalue weighted by molar-refractivity contribution is -0.140. The number of carbonyl (C=O) groups is 3. The number of fused-ring (bicyclic) bond motifs is 1. The zero-order valence-electron chi connectivity index (χ0n) is 11.6. The van der Waals surface area contributed by atoms with E-state index in [0.29, 0.717) is 11.1 Å². The van der Waals surface area contributed by atoms with Crippen molar-refractivity contribution in [2.24, 2.45) is 5.92 Å². The van der Waals surface area contributed by atoms with Crippen molar-refractivity contribution in [3.8, 4) is 0 Å². The Hall–Kier alpha value is -2.35. The fraction of sp³-hybridized carbons (Fsp3) is 0.214. The van der Waals surface area contributed by atoms with Gasteiger partial charge in [-0.1, -0.05) is 6.92 Å². The van der Waals surface area contributed by atoms with E-state index in [-0.39, 0.29) is 6.42 Å². The molecule has 1 aromatic carbocycles. The number of carbonyl (C=O) groups excluding carboxylic acids is 2. The van der Waals surface area contributed by atoms with Crippen molar-refractivity contribution in [3.63, 3.8) is 0 Å². The fourth-order valence-electron chi connectivity index (χ4n) is 1.81. The van der Waals surface area contributed by atoms with Crippen LogP contribution < -0.4 is 10.9 Å². The molecule has 0 saturated carbocycles. The van der Waals surface area contributed by atoms with E-state index in [4.69, 9.17) is 9.52 Å². The number of hydrogen-bond donors (Lipinski definition) is 3. The molecule has 8 heteroatoms. The van der Waals surface area contributed by atoms with Crippen LogP contribution in [0.25, 0.3) is 11.0 Å². The predicted octanol–water partition coefficient (Wildman–Crippen LogP) is 2.07. The summed E-state index contributed by atoms with van der Waals surface area (Å²) < 4.78 is 5.96. The number of furan rings is 1. The number of amides is 2. The Morgan fingerprint density at radius 3 is 2.73 bits per heavy atom. The van der Waals surface area contributed by atoms with Gasteiger partial charge in [0.1, 0.15) is 11.8 Å². The normalized spacial score (nSPS) is 11.9. The lowest BCUT2D eigenvalue weighted by Gasteiger charge is -2.11. The number of rotatable bonds is 4. The Balaban J connectivity index is 2.00. The summed E-state index contributed by atoms with van der Waals surface area (Å²) in [7, 11) is 0. The van der Waals surface area contributed by atoms with Gasteiger partial charge in [-0.05, 0) is 34.1 Å². The molecular formula is C14H13BrN2O5. The fourth-order valence-corrected chi connectivity index (χ4v) is 2.21. The van der Waals surface area contributed by atoms with Crippen molar-refractivity contribution in [1.82, 2.24) is 10.9 Å². The zero-order valence-corrected chi connectivity index (χ0v) is 13.1. The molecule has 116 valence electrons. The van der Waals surface area contributed by atoms with Crippen LogP contribution >= 0.6 is 15.9 Å². The molecule has 0 fully saturated rings. The van der Waals surface area contributed by atoms with Crippen molar-refractivity contribution in [2.75, 3.05) is 0 Å². The Bertz CT molecular complexity index is 740. The van der Waals surface area contributed by atoms with Gasteiger partial charge in [-0.3, -0.25) is 25.2 Å². The third kappa shape index (κ3) is 3.64. The van der Waals surface area contributed by atoms with E-state index in [2.05, 4.69) is 26.8 Å². The Morgan fingerprint density at radius 1 is 1.32 bits per heavy atom. The van der Waals surface area contributed by atoms with Crippen LogP contribution in [0.1, 0.15) is 23.7 Å². The van der Waals surface area contributed by atoms with Crippen LogP contribution in [0.4, 0.5) is 0 Å². The van der Waals surface area contributed by atoms with Crippen molar-refractivity contribution < 1.29 is 23.9 Å². The van der Waals surface area contributed by atoms with Gasteiger partial charge in [0.25, 0.3) is 5.91 Å². The Kier molecular flexibility index (Phi) is 4.81. The highest BCUT2D eigenvalue weighted by Gasteiger charge is 2.17. The first-order valence-corrected chi connectivity index (χ1v) is 7.16. The number of halogens is 1. The number of carboxylic acid groups (broad SMARTS) is 1. The van der Waals surface area contributed by atoms with E-state index >= 15 is 0 Å². The zero-order chi connectivity index (χ0) is 16.3. The number of carboxylic acids is 1. The summed E-state index contributed by atoms with van der Waals surface area (Å²) in [4.78, 5) is 34.1. The number of nitrogens with one attached hydrogen (secondary N) is 2. The molecule has 0 aliphatic carbocycles. The summed E-state index contributed by atoms with van der Waals surface area (Å²) in [6, 6.07) is 4.81. The molecular weight excluding hydrogens is 356 g/mol. The van der Waals surface area contributed by atoms with Crippen molar-refractivity contribution >= 4 is 44.7 Å². The molecule has 2 aromatic rings. The van der Waals surface area contributed by atoms with Crippen LogP contribution in [-0.4, -0.2) is 22.9 Å². The molecule has 0 aliphatic heterocycles. The first kappa shape index (κ1) is 16.0. The highest BCUT2D eigenvalue weighted by molar-refractivity contribution is 9.10. The van der Waals surface area contributed by atoms with Crippen molar-refractivity contribution in [1.29, 1.82) is 0 Å². The van der Waals surface area contributed by atoms with Gasteiger partial charge < -0.3 is 9.52 Å². The van der Waals surface area contributed by atoms with E-state index < -0.39 is 23.7 Å². The molecule has 22 heavy (non-hydrogen) atoms. The van der Waals surface area contributed by atoms with Crippen molar-refractivity contribution in [3.05, 3.63) is 34.5 Å². The van der Waals surface area contributed by atoms with Gasteiger partial charge in [0.2, 0.25) is 5.91 Å². The number of hydrazine groups is 1. The SMILES string of the molecule is C[C@@H](CC(=O)O)C(=O)NNC(=O)c1ccc2occ(Br)c2c1. The Labute approximate surface area is 133 Å². The summed E-state index contributed by atoms with van der Waals surface area (Å²) in [5, 5.41) is 9.35. The monoisotopic (exact) mass is 368 g/mol. The summed E-state index contributed by atoms with van der Waals surface area (Å²) >= 11 is 3.30. The molecule has 3 N–H and O–H groups in total. The van der Waals surface area contributed by atoms with Crippen LogP contribution in [0, 0.1) is 5.92 Å². The third-order valence-electron chi connectivity index (χ3n) is 3.02.